The van der Waals surface area contributed by atoms with E-state index >= 15 is 0 Å². The zero-order valence-corrected chi connectivity index (χ0v) is 9.87. The molecule has 1 aliphatic carbocycles. The molecule has 0 spiro atoms. The standard InChI is InChI=1S/C12H20N2O2/c1-2-6-13-7-8-14-11(15)9-4-3-5-10(9)12(14)16/h9-10,13H,2-8H2,1H3. The average molecular weight is 224 g/mol. The van der Waals surface area contributed by atoms with Gasteiger partial charge in [0.25, 0.3) is 0 Å². The third-order valence-corrected chi connectivity index (χ3v) is 3.62. The Morgan fingerprint density at radius 3 is 2.38 bits per heavy atom. The summed E-state index contributed by atoms with van der Waals surface area (Å²) in [5.74, 6) is 0.175. The van der Waals surface area contributed by atoms with Gasteiger partial charge in [-0.2, -0.15) is 0 Å². The molecule has 2 unspecified atom stereocenters. The van der Waals surface area contributed by atoms with Gasteiger partial charge in [0.1, 0.15) is 0 Å². The van der Waals surface area contributed by atoms with Crippen LogP contribution in [0, 0.1) is 11.8 Å². The summed E-state index contributed by atoms with van der Waals surface area (Å²) in [5.41, 5.74) is 0. The van der Waals surface area contributed by atoms with Gasteiger partial charge in [-0.3, -0.25) is 14.5 Å². The Hall–Kier alpha value is -0.900. The molecule has 2 aliphatic rings. The third kappa shape index (κ3) is 1.98. The first-order valence-electron chi connectivity index (χ1n) is 6.31. The highest BCUT2D eigenvalue weighted by molar-refractivity contribution is 6.05. The molecule has 1 saturated heterocycles. The molecule has 0 radical (unpaired) electrons. The molecule has 4 heteroatoms. The highest BCUT2D eigenvalue weighted by Crippen LogP contribution is 2.39. The number of likely N-dealkylation sites (tertiary alicyclic amines) is 1. The van der Waals surface area contributed by atoms with Crippen LogP contribution >= 0.6 is 0 Å². The molecule has 0 aromatic heterocycles. The summed E-state index contributed by atoms with van der Waals surface area (Å²) in [4.78, 5) is 25.3. The number of hydrogen-bond donors (Lipinski definition) is 1. The lowest BCUT2D eigenvalue weighted by Crippen LogP contribution is -2.37. The minimum Gasteiger partial charge on any atom is -0.315 e. The van der Waals surface area contributed by atoms with E-state index in [2.05, 4.69) is 12.2 Å². The zero-order chi connectivity index (χ0) is 11.5. The molecule has 90 valence electrons. The lowest BCUT2D eigenvalue weighted by atomic mass is 10.00. The van der Waals surface area contributed by atoms with Crippen LogP contribution < -0.4 is 5.32 Å². The maximum Gasteiger partial charge on any atom is 0.233 e. The van der Waals surface area contributed by atoms with Crippen LogP contribution in [0.2, 0.25) is 0 Å². The first kappa shape index (κ1) is 11.6. The molecule has 2 fully saturated rings. The van der Waals surface area contributed by atoms with E-state index < -0.39 is 0 Å². The maximum absolute atomic E-state index is 11.9. The highest BCUT2D eigenvalue weighted by Gasteiger charge is 2.49. The number of rotatable bonds is 5. The van der Waals surface area contributed by atoms with Crippen molar-refractivity contribution in [1.29, 1.82) is 0 Å². The molecule has 2 amide bonds. The van der Waals surface area contributed by atoms with E-state index in [0.29, 0.717) is 6.54 Å². The second-order valence-electron chi connectivity index (χ2n) is 4.72. The largest absolute Gasteiger partial charge is 0.315 e. The van der Waals surface area contributed by atoms with E-state index in [1.54, 1.807) is 0 Å². The van der Waals surface area contributed by atoms with Gasteiger partial charge in [0, 0.05) is 13.1 Å². The quantitative estimate of drug-likeness (QED) is 0.554. The molecule has 0 bridgehead atoms. The first-order chi connectivity index (χ1) is 7.75. The van der Waals surface area contributed by atoms with Crippen molar-refractivity contribution >= 4 is 11.8 Å². The number of fused-ring (bicyclic) bond motifs is 1. The summed E-state index contributed by atoms with van der Waals surface area (Å²) in [6, 6.07) is 0. The van der Waals surface area contributed by atoms with Crippen molar-refractivity contribution in [3.8, 4) is 0 Å². The van der Waals surface area contributed by atoms with Gasteiger partial charge in [0.2, 0.25) is 11.8 Å². The molecule has 1 saturated carbocycles. The molecule has 0 aromatic rings. The average Bonchev–Trinajstić information content (AvgIpc) is 2.83. The number of nitrogens with zero attached hydrogens (tertiary/aromatic N) is 1. The van der Waals surface area contributed by atoms with Crippen LogP contribution in [-0.4, -0.2) is 36.3 Å². The molecule has 0 aromatic carbocycles. The maximum atomic E-state index is 11.9. The number of imide groups is 1. The topological polar surface area (TPSA) is 49.4 Å². The van der Waals surface area contributed by atoms with Crippen molar-refractivity contribution in [2.24, 2.45) is 11.8 Å². The van der Waals surface area contributed by atoms with E-state index in [4.69, 9.17) is 0 Å². The predicted molar refractivity (Wildman–Crippen MR) is 60.7 cm³/mol. The van der Waals surface area contributed by atoms with Crippen LogP contribution in [0.25, 0.3) is 0 Å². The summed E-state index contributed by atoms with van der Waals surface area (Å²) in [6.07, 6.45) is 3.93. The Labute approximate surface area is 96.4 Å². The Morgan fingerprint density at radius 1 is 1.19 bits per heavy atom. The van der Waals surface area contributed by atoms with Crippen molar-refractivity contribution < 1.29 is 9.59 Å². The molecule has 16 heavy (non-hydrogen) atoms. The van der Waals surface area contributed by atoms with Crippen molar-refractivity contribution in [3.05, 3.63) is 0 Å². The Morgan fingerprint density at radius 2 is 1.81 bits per heavy atom. The molecular weight excluding hydrogens is 204 g/mol. The summed E-state index contributed by atoms with van der Waals surface area (Å²) in [7, 11) is 0. The van der Waals surface area contributed by atoms with E-state index in [0.717, 1.165) is 38.8 Å². The second-order valence-corrected chi connectivity index (χ2v) is 4.72. The van der Waals surface area contributed by atoms with Crippen LogP contribution in [-0.2, 0) is 9.59 Å². The van der Waals surface area contributed by atoms with E-state index in [9.17, 15) is 9.59 Å². The van der Waals surface area contributed by atoms with Gasteiger partial charge >= 0.3 is 0 Å². The smallest absolute Gasteiger partial charge is 0.233 e. The molecule has 1 aliphatic heterocycles. The summed E-state index contributed by atoms with van der Waals surface area (Å²) < 4.78 is 0. The number of carbonyl (C=O) groups excluding carboxylic acids is 2. The van der Waals surface area contributed by atoms with Crippen LogP contribution in [0.3, 0.4) is 0 Å². The van der Waals surface area contributed by atoms with Gasteiger partial charge in [0.05, 0.1) is 11.8 Å². The van der Waals surface area contributed by atoms with Crippen molar-refractivity contribution in [1.82, 2.24) is 10.2 Å². The van der Waals surface area contributed by atoms with Crippen LogP contribution in [0.15, 0.2) is 0 Å². The lowest BCUT2D eigenvalue weighted by molar-refractivity contribution is -0.140. The monoisotopic (exact) mass is 224 g/mol. The van der Waals surface area contributed by atoms with Gasteiger partial charge in [-0.25, -0.2) is 0 Å². The number of amides is 2. The van der Waals surface area contributed by atoms with Gasteiger partial charge in [-0.05, 0) is 25.8 Å². The van der Waals surface area contributed by atoms with Gasteiger partial charge in [-0.1, -0.05) is 13.3 Å². The number of nitrogens with one attached hydrogen (secondary N) is 1. The Kier molecular flexibility index (Phi) is 3.59. The van der Waals surface area contributed by atoms with E-state index in [1.807, 2.05) is 0 Å². The SMILES string of the molecule is CCCNCCN1C(=O)C2CCCC2C1=O. The minimum atomic E-state index is 0.0127. The van der Waals surface area contributed by atoms with Crippen LogP contribution in [0.4, 0.5) is 0 Å². The normalized spacial score (nSPS) is 28.9. The molecule has 1 N–H and O–H groups in total. The fraction of sp³-hybridized carbons (Fsp3) is 0.833. The van der Waals surface area contributed by atoms with Crippen molar-refractivity contribution in [3.63, 3.8) is 0 Å². The van der Waals surface area contributed by atoms with Crippen LogP contribution in [0.5, 0.6) is 0 Å². The van der Waals surface area contributed by atoms with Crippen LogP contribution in [0.1, 0.15) is 32.6 Å². The first-order valence-corrected chi connectivity index (χ1v) is 6.31. The van der Waals surface area contributed by atoms with Gasteiger partial charge < -0.3 is 5.32 Å². The lowest BCUT2D eigenvalue weighted by Gasteiger charge is -2.15. The molecule has 4 nitrogen and oxygen atoms in total. The summed E-state index contributed by atoms with van der Waals surface area (Å²) in [6.45, 7) is 4.32. The van der Waals surface area contributed by atoms with E-state index in [1.165, 1.54) is 4.90 Å². The van der Waals surface area contributed by atoms with Crippen molar-refractivity contribution in [2.75, 3.05) is 19.6 Å². The minimum absolute atomic E-state index is 0.0127. The molecule has 1 heterocycles. The van der Waals surface area contributed by atoms with Gasteiger partial charge in [0.15, 0.2) is 0 Å². The molecular formula is C12H20N2O2. The zero-order valence-electron chi connectivity index (χ0n) is 9.87. The highest BCUT2D eigenvalue weighted by atomic mass is 16.2. The Balaban J connectivity index is 1.86. The number of hydrogen-bond acceptors (Lipinski definition) is 3. The summed E-state index contributed by atoms with van der Waals surface area (Å²) >= 11 is 0. The van der Waals surface area contributed by atoms with Gasteiger partial charge in [-0.15, -0.1) is 0 Å². The third-order valence-electron chi connectivity index (χ3n) is 3.62. The fourth-order valence-corrected chi connectivity index (χ4v) is 2.77. The fourth-order valence-electron chi connectivity index (χ4n) is 2.77. The predicted octanol–water partition coefficient (Wildman–Crippen LogP) is 0.771. The number of carbonyl (C=O) groups is 2. The van der Waals surface area contributed by atoms with E-state index in [-0.39, 0.29) is 23.7 Å². The Bertz CT molecular complexity index is 269. The van der Waals surface area contributed by atoms with Crippen molar-refractivity contribution in [2.45, 2.75) is 32.6 Å². The summed E-state index contributed by atoms with van der Waals surface area (Å²) in [5, 5.41) is 3.22. The molecule has 2 atom stereocenters. The second kappa shape index (κ2) is 4.95. The molecule has 2 rings (SSSR count).